The third-order valence-corrected chi connectivity index (χ3v) is 3.17. The van der Waals surface area contributed by atoms with Crippen LogP contribution in [0.1, 0.15) is 46.4 Å². The SMILES string of the molecule is CCN(c1cc(Cl)nc(C(C)(C)C)n1)C1CC1. The molecule has 0 spiro atoms. The molecule has 0 atom stereocenters. The Bertz CT molecular complexity index is 408. The molecule has 1 aliphatic rings. The number of halogens is 1. The molecule has 1 aromatic rings. The third kappa shape index (κ3) is 2.89. The van der Waals surface area contributed by atoms with Gasteiger partial charge < -0.3 is 4.90 Å². The van der Waals surface area contributed by atoms with Gasteiger partial charge in [-0.3, -0.25) is 0 Å². The summed E-state index contributed by atoms with van der Waals surface area (Å²) in [4.78, 5) is 11.3. The number of rotatable bonds is 3. The summed E-state index contributed by atoms with van der Waals surface area (Å²) in [5.74, 6) is 1.79. The predicted molar refractivity (Wildman–Crippen MR) is 71.8 cm³/mol. The molecule has 3 nitrogen and oxygen atoms in total. The highest BCUT2D eigenvalue weighted by Crippen LogP contribution is 2.32. The second-order valence-corrected chi connectivity index (χ2v) is 6.03. The highest BCUT2D eigenvalue weighted by Gasteiger charge is 2.30. The van der Waals surface area contributed by atoms with Crippen LogP contribution in [0.3, 0.4) is 0 Å². The van der Waals surface area contributed by atoms with Crippen LogP contribution >= 0.6 is 11.6 Å². The van der Waals surface area contributed by atoms with Crippen LogP contribution < -0.4 is 4.90 Å². The fourth-order valence-corrected chi connectivity index (χ4v) is 2.06. The minimum atomic E-state index is -0.0669. The molecule has 17 heavy (non-hydrogen) atoms. The topological polar surface area (TPSA) is 29.0 Å². The van der Waals surface area contributed by atoms with Crippen molar-refractivity contribution in [3.05, 3.63) is 17.0 Å². The molecule has 94 valence electrons. The van der Waals surface area contributed by atoms with Gasteiger partial charge in [0, 0.05) is 24.1 Å². The van der Waals surface area contributed by atoms with E-state index in [2.05, 4.69) is 42.6 Å². The Balaban J connectivity index is 2.36. The van der Waals surface area contributed by atoms with Gasteiger partial charge >= 0.3 is 0 Å². The van der Waals surface area contributed by atoms with Gasteiger partial charge in [0.05, 0.1) is 0 Å². The second kappa shape index (κ2) is 4.45. The van der Waals surface area contributed by atoms with E-state index in [1.165, 1.54) is 12.8 Å². The van der Waals surface area contributed by atoms with Crippen LogP contribution in [0.4, 0.5) is 5.82 Å². The van der Waals surface area contributed by atoms with Gasteiger partial charge in [0.15, 0.2) is 0 Å². The Morgan fingerprint density at radius 3 is 2.47 bits per heavy atom. The second-order valence-electron chi connectivity index (χ2n) is 5.64. The van der Waals surface area contributed by atoms with Crippen molar-refractivity contribution in [3.8, 4) is 0 Å². The molecule has 1 heterocycles. The molecule has 1 fully saturated rings. The van der Waals surface area contributed by atoms with E-state index in [4.69, 9.17) is 11.6 Å². The summed E-state index contributed by atoms with van der Waals surface area (Å²) in [5.41, 5.74) is -0.0669. The first kappa shape index (κ1) is 12.6. The van der Waals surface area contributed by atoms with Gasteiger partial charge in [0.25, 0.3) is 0 Å². The number of nitrogens with zero attached hydrogens (tertiary/aromatic N) is 3. The molecule has 2 rings (SSSR count). The fourth-order valence-electron chi connectivity index (χ4n) is 1.88. The summed E-state index contributed by atoms with van der Waals surface area (Å²) >= 11 is 6.10. The zero-order valence-electron chi connectivity index (χ0n) is 11.0. The molecule has 1 aromatic heterocycles. The quantitative estimate of drug-likeness (QED) is 0.773. The number of hydrogen-bond acceptors (Lipinski definition) is 3. The molecule has 0 radical (unpaired) electrons. The molecule has 0 aromatic carbocycles. The smallest absolute Gasteiger partial charge is 0.137 e. The largest absolute Gasteiger partial charge is 0.354 e. The van der Waals surface area contributed by atoms with Gasteiger partial charge in [0.2, 0.25) is 0 Å². The molecular weight excluding hydrogens is 234 g/mol. The van der Waals surface area contributed by atoms with E-state index in [-0.39, 0.29) is 5.41 Å². The maximum Gasteiger partial charge on any atom is 0.137 e. The summed E-state index contributed by atoms with van der Waals surface area (Å²) in [5, 5.41) is 0.541. The standard InChI is InChI=1S/C13H20ClN3/c1-5-17(9-6-7-9)11-8-10(14)15-12(16-11)13(2,3)4/h8-9H,5-7H2,1-4H3. The van der Waals surface area contributed by atoms with E-state index in [9.17, 15) is 0 Å². The summed E-state index contributed by atoms with van der Waals surface area (Å²) in [6, 6.07) is 2.53. The molecule has 0 saturated heterocycles. The van der Waals surface area contributed by atoms with Crippen molar-refractivity contribution in [2.45, 2.75) is 52.0 Å². The zero-order valence-corrected chi connectivity index (χ0v) is 11.8. The normalized spacial score (nSPS) is 16.1. The van der Waals surface area contributed by atoms with Gasteiger partial charge in [-0.05, 0) is 19.8 Å². The summed E-state index contributed by atoms with van der Waals surface area (Å²) in [7, 11) is 0. The van der Waals surface area contributed by atoms with E-state index in [0.717, 1.165) is 18.2 Å². The lowest BCUT2D eigenvalue weighted by atomic mass is 9.96. The van der Waals surface area contributed by atoms with Crippen molar-refractivity contribution < 1.29 is 0 Å². The first-order valence-electron chi connectivity index (χ1n) is 6.23. The van der Waals surface area contributed by atoms with Gasteiger partial charge in [-0.2, -0.15) is 0 Å². The Kier molecular flexibility index (Phi) is 3.30. The molecule has 0 amide bonds. The van der Waals surface area contributed by atoms with Crippen LogP contribution in [0.25, 0.3) is 0 Å². The van der Waals surface area contributed by atoms with Gasteiger partial charge in [0.1, 0.15) is 16.8 Å². The van der Waals surface area contributed by atoms with Gasteiger partial charge in [-0.1, -0.05) is 32.4 Å². The van der Waals surface area contributed by atoms with Crippen molar-refractivity contribution in [2.24, 2.45) is 0 Å². The lowest BCUT2D eigenvalue weighted by Crippen LogP contribution is -2.27. The van der Waals surface area contributed by atoms with Gasteiger partial charge in [-0.25, -0.2) is 9.97 Å². The maximum atomic E-state index is 6.10. The van der Waals surface area contributed by atoms with E-state index < -0.39 is 0 Å². The van der Waals surface area contributed by atoms with E-state index in [1.807, 2.05) is 6.07 Å². The molecule has 0 N–H and O–H groups in total. The average Bonchev–Trinajstić information content (AvgIpc) is 3.01. The minimum Gasteiger partial charge on any atom is -0.354 e. The van der Waals surface area contributed by atoms with Crippen molar-refractivity contribution in [1.82, 2.24) is 9.97 Å². The molecule has 0 bridgehead atoms. The average molecular weight is 254 g/mol. The minimum absolute atomic E-state index is 0.0669. The summed E-state index contributed by atoms with van der Waals surface area (Å²) in [6.45, 7) is 9.45. The van der Waals surface area contributed by atoms with Crippen molar-refractivity contribution in [3.63, 3.8) is 0 Å². The first-order chi connectivity index (χ1) is 7.91. The maximum absolute atomic E-state index is 6.10. The van der Waals surface area contributed by atoms with Gasteiger partial charge in [-0.15, -0.1) is 0 Å². The van der Waals surface area contributed by atoms with E-state index in [1.54, 1.807) is 0 Å². The third-order valence-electron chi connectivity index (χ3n) is 2.97. The predicted octanol–water partition coefficient (Wildman–Crippen LogP) is 3.42. The lowest BCUT2D eigenvalue weighted by Gasteiger charge is -2.24. The number of aromatic nitrogens is 2. The number of anilines is 1. The zero-order chi connectivity index (χ0) is 12.6. The van der Waals surface area contributed by atoms with Crippen LogP contribution in [0.15, 0.2) is 6.07 Å². The molecular formula is C13H20ClN3. The summed E-state index contributed by atoms with van der Waals surface area (Å²) < 4.78 is 0. The Morgan fingerprint density at radius 1 is 1.35 bits per heavy atom. The molecule has 0 aliphatic heterocycles. The molecule has 1 saturated carbocycles. The highest BCUT2D eigenvalue weighted by molar-refractivity contribution is 6.29. The Hall–Kier alpha value is -0.830. The molecule has 0 unspecified atom stereocenters. The van der Waals surface area contributed by atoms with Crippen LogP contribution in [-0.4, -0.2) is 22.6 Å². The van der Waals surface area contributed by atoms with Crippen molar-refractivity contribution >= 4 is 17.4 Å². The van der Waals surface area contributed by atoms with Crippen LogP contribution in [-0.2, 0) is 5.41 Å². The summed E-state index contributed by atoms with van der Waals surface area (Å²) in [6.07, 6.45) is 2.53. The van der Waals surface area contributed by atoms with E-state index in [0.29, 0.717) is 11.2 Å². The highest BCUT2D eigenvalue weighted by atomic mass is 35.5. The monoisotopic (exact) mass is 253 g/mol. The number of hydrogen-bond donors (Lipinski definition) is 0. The Morgan fingerprint density at radius 2 is 2.00 bits per heavy atom. The first-order valence-corrected chi connectivity index (χ1v) is 6.61. The lowest BCUT2D eigenvalue weighted by molar-refractivity contribution is 0.543. The molecule has 4 heteroatoms. The van der Waals surface area contributed by atoms with Crippen LogP contribution in [0.2, 0.25) is 5.15 Å². The van der Waals surface area contributed by atoms with Crippen LogP contribution in [0.5, 0.6) is 0 Å². The van der Waals surface area contributed by atoms with Crippen molar-refractivity contribution in [2.75, 3.05) is 11.4 Å². The van der Waals surface area contributed by atoms with Crippen LogP contribution in [0, 0.1) is 0 Å². The Labute approximate surface area is 108 Å². The fraction of sp³-hybridized carbons (Fsp3) is 0.692. The van der Waals surface area contributed by atoms with E-state index >= 15 is 0 Å². The molecule has 1 aliphatic carbocycles. The van der Waals surface area contributed by atoms with Crippen molar-refractivity contribution in [1.29, 1.82) is 0 Å².